The van der Waals surface area contributed by atoms with E-state index in [4.69, 9.17) is 11.0 Å². The molecule has 0 aliphatic carbocycles. The molecule has 0 unspecified atom stereocenters. The zero-order valence-electron chi connectivity index (χ0n) is 19.1. The highest BCUT2D eigenvalue weighted by Gasteiger charge is 2.15. The molecule has 4 amide bonds. The smallest absolute Gasteiger partial charge is 0.325 e. The highest BCUT2D eigenvalue weighted by Crippen LogP contribution is 2.29. The largest absolute Gasteiger partial charge is 0.383 e. The van der Waals surface area contributed by atoms with Crippen LogP contribution in [0.1, 0.15) is 38.7 Å². The standard InChI is InChI=1S/C23H28N8O3/c1-3-16(4-2)22(33)30-17-6-7-18(26-10-9-20(25)32)19(11-17)28-14-29-23(34)31-21-8-5-15(12-24)13-27-21/h5-8,11,13-14,16,26H,3-4,9-10H2,1-2H3,(H2,25,32)(H,30,33)(H2,27,28,29,31,34). The van der Waals surface area contributed by atoms with E-state index in [0.29, 0.717) is 29.2 Å². The van der Waals surface area contributed by atoms with E-state index in [1.54, 1.807) is 18.2 Å². The zero-order valence-corrected chi connectivity index (χ0v) is 19.1. The van der Waals surface area contributed by atoms with E-state index in [1.165, 1.54) is 24.7 Å². The summed E-state index contributed by atoms with van der Waals surface area (Å²) in [5.74, 6) is -0.352. The van der Waals surface area contributed by atoms with Crippen LogP contribution in [0.4, 0.5) is 27.7 Å². The number of rotatable bonds is 11. The summed E-state index contributed by atoms with van der Waals surface area (Å²) in [6, 6.07) is 9.50. The molecule has 1 aromatic carbocycles. The SMILES string of the molecule is CCC(CC)C(=O)Nc1ccc(NCCC(N)=O)c(N=CNC(=O)Nc2ccc(C#N)cn2)c1. The highest BCUT2D eigenvalue weighted by atomic mass is 16.2. The van der Waals surface area contributed by atoms with Crippen molar-refractivity contribution in [3.8, 4) is 6.07 Å². The summed E-state index contributed by atoms with van der Waals surface area (Å²) in [4.78, 5) is 43.8. The number of carbonyl (C=O) groups excluding carboxylic acids is 3. The molecule has 34 heavy (non-hydrogen) atoms. The highest BCUT2D eigenvalue weighted by molar-refractivity contribution is 5.97. The molecule has 0 spiro atoms. The average molecular weight is 465 g/mol. The molecule has 2 rings (SSSR count). The quantitative estimate of drug-likeness (QED) is 0.252. The van der Waals surface area contributed by atoms with Crippen LogP contribution in [0.25, 0.3) is 0 Å². The number of benzene rings is 1. The minimum absolute atomic E-state index is 0.0817. The van der Waals surface area contributed by atoms with Crippen molar-refractivity contribution in [2.24, 2.45) is 16.6 Å². The summed E-state index contributed by atoms with van der Waals surface area (Å²) in [6.07, 6.45) is 4.13. The van der Waals surface area contributed by atoms with Gasteiger partial charge in [-0.3, -0.25) is 20.2 Å². The lowest BCUT2D eigenvalue weighted by Crippen LogP contribution is -2.27. The van der Waals surface area contributed by atoms with Crippen molar-refractivity contribution in [1.82, 2.24) is 10.3 Å². The minimum Gasteiger partial charge on any atom is -0.383 e. The second-order valence-corrected chi connectivity index (χ2v) is 7.28. The Hall–Kier alpha value is -4.46. The van der Waals surface area contributed by atoms with Gasteiger partial charge in [-0.05, 0) is 43.2 Å². The molecule has 0 bridgehead atoms. The summed E-state index contributed by atoms with van der Waals surface area (Å²) in [6.45, 7) is 4.22. The maximum absolute atomic E-state index is 12.4. The third-order valence-electron chi connectivity index (χ3n) is 4.84. The summed E-state index contributed by atoms with van der Waals surface area (Å²) in [5.41, 5.74) is 7.14. The number of hydrogen-bond acceptors (Lipinski definition) is 7. The summed E-state index contributed by atoms with van der Waals surface area (Å²) in [5, 5.41) is 19.7. The van der Waals surface area contributed by atoms with Crippen molar-refractivity contribution in [1.29, 1.82) is 5.26 Å². The summed E-state index contributed by atoms with van der Waals surface area (Å²) in [7, 11) is 0. The maximum atomic E-state index is 12.4. The molecule has 11 heteroatoms. The number of carbonyl (C=O) groups is 3. The third-order valence-corrected chi connectivity index (χ3v) is 4.84. The molecule has 178 valence electrons. The molecular formula is C23H28N8O3. The Balaban J connectivity index is 2.11. The van der Waals surface area contributed by atoms with Gasteiger partial charge in [-0.2, -0.15) is 5.26 Å². The molecular weight excluding hydrogens is 436 g/mol. The second-order valence-electron chi connectivity index (χ2n) is 7.28. The van der Waals surface area contributed by atoms with Crippen LogP contribution >= 0.6 is 0 Å². The van der Waals surface area contributed by atoms with E-state index < -0.39 is 11.9 Å². The number of nitrogens with one attached hydrogen (secondary N) is 4. The van der Waals surface area contributed by atoms with Crippen molar-refractivity contribution in [2.45, 2.75) is 33.1 Å². The van der Waals surface area contributed by atoms with Crippen molar-refractivity contribution in [2.75, 3.05) is 22.5 Å². The van der Waals surface area contributed by atoms with Gasteiger partial charge in [0.2, 0.25) is 11.8 Å². The van der Waals surface area contributed by atoms with Gasteiger partial charge >= 0.3 is 6.03 Å². The zero-order chi connectivity index (χ0) is 24.9. The number of nitriles is 1. The average Bonchev–Trinajstić information content (AvgIpc) is 2.81. The molecule has 0 radical (unpaired) electrons. The van der Waals surface area contributed by atoms with Gasteiger partial charge in [0, 0.05) is 30.8 Å². The number of anilines is 3. The first-order valence-electron chi connectivity index (χ1n) is 10.8. The Morgan fingerprint density at radius 1 is 1.18 bits per heavy atom. The molecule has 0 saturated heterocycles. The van der Waals surface area contributed by atoms with Gasteiger partial charge in [0.1, 0.15) is 11.9 Å². The van der Waals surface area contributed by atoms with Gasteiger partial charge < -0.3 is 16.4 Å². The van der Waals surface area contributed by atoms with Crippen LogP contribution in [0.5, 0.6) is 0 Å². The van der Waals surface area contributed by atoms with E-state index in [1.807, 2.05) is 19.9 Å². The first kappa shape index (κ1) is 25.8. The van der Waals surface area contributed by atoms with Gasteiger partial charge in [-0.15, -0.1) is 0 Å². The van der Waals surface area contributed by atoms with Crippen LogP contribution in [-0.2, 0) is 9.59 Å². The Kier molecular flexibility index (Phi) is 9.99. The Labute approximate surface area is 197 Å². The number of urea groups is 1. The van der Waals surface area contributed by atoms with Crippen LogP contribution in [0.3, 0.4) is 0 Å². The Morgan fingerprint density at radius 2 is 1.94 bits per heavy atom. The summed E-state index contributed by atoms with van der Waals surface area (Å²) >= 11 is 0. The van der Waals surface area contributed by atoms with Crippen LogP contribution < -0.4 is 27.0 Å². The predicted octanol–water partition coefficient (Wildman–Crippen LogP) is 3.10. The number of hydrogen-bond donors (Lipinski definition) is 5. The van der Waals surface area contributed by atoms with Crippen molar-refractivity contribution in [3.05, 3.63) is 42.1 Å². The van der Waals surface area contributed by atoms with Gasteiger partial charge in [0.25, 0.3) is 0 Å². The predicted molar refractivity (Wildman–Crippen MR) is 131 cm³/mol. The first-order chi connectivity index (χ1) is 16.4. The molecule has 1 aromatic heterocycles. The lowest BCUT2D eigenvalue weighted by molar-refractivity contribution is -0.120. The van der Waals surface area contributed by atoms with E-state index in [2.05, 4.69) is 31.2 Å². The first-order valence-corrected chi connectivity index (χ1v) is 10.8. The number of primary amides is 1. The number of nitrogens with two attached hydrogens (primary N) is 1. The van der Waals surface area contributed by atoms with Crippen molar-refractivity contribution < 1.29 is 14.4 Å². The third kappa shape index (κ3) is 8.23. The van der Waals surface area contributed by atoms with Crippen LogP contribution in [0, 0.1) is 17.2 Å². The lowest BCUT2D eigenvalue weighted by Gasteiger charge is -2.15. The molecule has 2 aromatic rings. The number of aromatic nitrogens is 1. The van der Waals surface area contributed by atoms with E-state index >= 15 is 0 Å². The number of pyridine rings is 1. The van der Waals surface area contributed by atoms with E-state index in [-0.39, 0.29) is 24.1 Å². The van der Waals surface area contributed by atoms with Crippen LogP contribution in [-0.4, -0.2) is 35.7 Å². The molecule has 6 N–H and O–H groups in total. The fourth-order valence-electron chi connectivity index (χ4n) is 2.94. The molecule has 1 heterocycles. The molecule has 0 aliphatic rings. The molecule has 0 fully saturated rings. The fourth-order valence-corrected chi connectivity index (χ4v) is 2.94. The lowest BCUT2D eigenvalue weighted by atomic mass is 10.0. The van der Waals surface area contributed by atoms with Crippen molar-refractivity contribution in [3.63, 3.8) is 0 Å². The second kappa shape index (κ2) is 13.2. The maximum Gasteiger partial charge on any atom is 0.325 e. The fraction of sp³-hybridized carbons (Fsp3) is 0.304. The number of amides is 4. The van der Waals surface area contributed by atoms with Gasteiger partial charge in [0.05, 0.1) is 23.3 Å². The molecule has 11 nitrogen and oxygen atoms in total. The summed E-state index contributed by atoms with van der Waals surface area (Å²) < 4.78 is 0. The molecule has 0 atom stereocenters. The minimum atomic E-state index is -0.581. The topological polar surface area (TPSA) is 174 Å². The Bertz CT molecular complexity index is 1070. The number of aliphatic imine (C=N–C) groups is 1. The van der Waals surface area contributed by atoms with Crippen LogP contribution in [0.15, 0.2) is 41.5 Å². The van der Waals surface area contributed by atoms with E-state index in [9.17, 15) is 14.4 Å². The molecule has 0 saturated carbocycles. The van der Waals surface area contributed by atoms with Gasteiger partial charge in [0.15, 0.2) is 0 Å². The normalized spacial score (nSPS) is 10.5. The van der Waals surface area contributed by atoms with Gasteiger partial charge in [-0.25, -0.2) is 14.8 Å². The Morgan fingerprint density at radius 3 is 2.56 bits per heavy atom. The monoisotopic (exact) mass is 464 g/mol. The number of nitrogens with zero attached hydrogens (tertiary/aromatic N) is 3. The molecule has 0 aliphatic heterocycles. The van der Waals surface area contributed by atoms with Crippen LogP contribution in [0.2, 0.25) is 0 Å². The van der Waals surface area contributed by atoms with Crippen molar-refractivity contribution >= 4 is 47.1 Å². The van der Waals surface area contributed by atoms with Gasteiger partial charge in [-0.1, -0.05) is 13.8 Å². The van der Waals surface area contributed by atoms with E-state index in [0.717, 1.165) is 12.8 Å².